The van der Waals surface area contributed by atoms with Crippen molar-refractivity contribution in [3.05, 3.63) is 11.1 Å². The molecule has 6 aliphatic rings. The summed E-state index contributed by atoms with van der Waals surface area (Å²) in [7, 11) is 3.13. The van der Waals surface area contributed by atoms with Gasteiger partial charge >= 0.3 is 0 Å². The van der Waals surface area contributed by atoms with Crippen molar-refractivity contribution in [2.45, 2.75) is 126 Å². The Bertz CT molecular complexity index is 868. The molecule has 9 nitrogen and oxygen atoms in total. The number of rotatable bonds is 2. The zero-order valence-electron chi connectivity index (χ0n) is 19.9. The number of fused-ring (bicyclic) bond motifs is 4. The maximum Gasteiger partial charge on any atom is 0.187 e. The molecule has 12 heteroatoms. The first-order valence-corrected chi connectivity index (χ1v) is 12.4. The smallest absolute Gasteiger partial charge is 0.187 e. The number of alkyl halides is 2. The molecule has 2 aliphatic carbocycles. The predicted molar refractivity (Wildman–Crippen MR) is 134 cm³/mol. The maximum atomic E-state index is 9.73. The van der Waals surface area contributed by atoms with Crippen molar-refractivity contribution in [3.8, 4) is 0 Å². The predicted octanol–water partition coefficient (Wildman–Crippen LogP) is 4.23. The second-order valence-electron chi connectivity index (χ2n) is 10.4. The van der Waals surface area contributed by atoms with Crippen LogP contribution in [0.3, 0.4) is 0 Å². The van der Waals surface area contributed by atoms with E-state index >= 15 is 0 Å². The number of aliphatic hydroxyl groups excluding tert-OH is 1. The number of hydrogen-bond acceptors (Lipinski definition) is 9. The highest BCUT2D eigenvalue weighted by atomic mass is 35.5. The van der Waals surface area contributed by atoms with Gasteiger partial charge in [-0.15, -0.1) is 0 Å². The molecule has 210 valence electrons. The molecule has 4 heterocycles. The first kappa shape index (κ1) is 30.8. The maximum absolute atomic E-state index is 9.73. The van der Waals surface area contributed by atoms with Gasteiger partial charge in [-0.05, 0) is 27.7 Å². The van der Waals surface area contributed by atoms with Gasteiger partial charge in [0.1, 0.15) is 35.6 Å². The molecule has 0 aromatic rings. The monoisotopic (exact) mass is 576 g/mol. The molecule has 5 fully saturated rings. The lowest BCUT2D eigenvalue weighted by molar-refractivity contribution is -0.280. The zero-order chi connectivity index (χ0) is 24.9. The van der Waals surface area contributed by atoms with Crippen LogP contribution in [0.5, 0.6) is 0 Å². The second-order valence-corrected chi connectivity index (χ2v) is 12.2. The molecule has 9 atom stereocenters. The van der Waals surface area contributed by atoms with Crippen LogP contribution in [0.2, 0.25) is 0 Å². The van der Waals surface area contributed by atoms with Gasteiger partial charge in [-0.2, -0.15) is 0 Å². The van der Waals surface area contributed by atoms with Gasteiger partial charge in [0, 0.05) is 32.1 Å². The average Bonchev–Trinajstić information content (AvgIpc) is 3.43. The fourth-order valence-corrected chi connectivity index (χ4v) is 6.54. The number of ether oxygens (including phenoxy) is 8. The van der Waals surface area contributed by atoms with Crippen molar-refractivity contribution in [1.82, 2.24) is 0 Å². The van der Waals surface area contributed by atoms with Crippen LogP contribution in [-0.4, -0.2) is 89.5 Å². The molecule has 1 saturated carbocycles. The van der Waals surface area contributed by atoms with Gasteiger partial charge in [0.15, 0.2) is 28.5 Å². The van der Waals surface area contributed by atoms with Crippen molar-refractivity contribution in [3.63, 3.8) is 0 Å². The summed E-state index contributed by atoms with van der Waals surface area (Å²) < 4.78 is 44.0. The Morgan fingerprint density at radius 3 is 1.75 bits per heavy atom. The van der Waals surface area contributed by atoms with E-state index in [2.05, 4.69) is 0 Å². The van der Waals surface area contributed by atoms with E-state index in [0.717, 1.165) is 6.42 Å². The molecular formula is C24H39Cl3O9. The quantitative estimate of drug-likeness (QED) is 0.484. The molecule has 0 aromatic heterocycles. The molecule has 0 amide bonds. The third kappa shape index (κ3) is 4.26. The average molecular weight is 578 g/mol. The highest BCUT2D eigenvalue weighted by molar-refractivity contribution is 6.50. The van der Waals surface area contributed by atoms with E-state index in [1.165, 1.54) is 7.11 Å². The van der Waals surface area contributed by atoms with Gasteiger partial charge in [-0.1, -0.05) is 55.7 Å². The molecule has 0 aromatic carbocycles. The van der Waals surface area contributed by atoms with Gasteiger partial charge in [0.05, 0.1) is 6.10 Å². The lowest BCUT2D eigenvalue weighted by Gasteiger charge is -2.54. The fourth-order valence-electron chi connectivity index (χ4n) is 5.62. The summed E-state index contributed by atoms with van der Waals surface area (Å²) in [5, 5.41) is 10.4. The Balaban J connectivity index is 0.000000191. The first-order valence-electron chi connectivity index (χ1n) is 11.3. The standard InChI is InChI=1S/C11H16Cl2O5.C11H15ClO4.2CH4/c1-9(2)16-6-7(17-9)10(18-8(6)15-3)4-5(14)11(10,12)13;1-10(2)14-7-8(15-10)11(5-4-6(11)12)16-9(7)13-3;;/h5-8,14H,4H2,1-3H3;4,7-9H,5H2,1-3H3;2*1H4/t5?,6?,7-,8-,10+;7?,8-,9-,11-;;/m11../s1. The van der Waals surface area contributed by atoms with E-state index in [9.17, 15) is 5.11 Å². The van der Waals surface area contributed by atoms with E-state index in [-0.39, 0.29) is 27.1 Å². The minimum absolute atomic E-state index is 0. The summed E-state index contributed by atoms with van der Waals surface area (Å²) in [5.74, 6) is -1.34. The van der Waals surface area contributed by atoms with Crippen molar-refractivity contribution < 1.29 is 43.0 Å². The van der Waals surface area contributed by atoms with Crippen molar-refractivity contribution >= 4 is 34.8 Å². The molecule has 1 N–H and O–H groups in total. The number of halogens is 3. The van der Waals surface area contributed by atoms with Gasteiger partial charge in [0.2, 0.25) is 0 Å². The summed E-state index contributed by atoms with van der Waals surface area (Å²) in [5.41, 5.74) is -1.52. The van der Waals surface area contributed by atoms with Crippen LogP contribution in [-0.2, 0) is 37.9 Å². The SMILES string of the molecule is C.C.CO[C@@H]1O[C@@]2(CC(O)C2(Cl)Cl)[C@@H]2OC(C)(C)OC12.CO[C@@H]1O[C@@]2(CC=C2Cl)[C@@H]2OC(C)(C)OC12. The molecule has 2 spiro atoms. The highest BCUT2D eigenvalue weighted by Gasteiger charge is 2.78. The Labute approximate surface area is 228 Å². The summed E-state index contributed by atoms with van der Waals surface area (Å²) in [6.07, 6.45) is -0.0737. The molecule has 4 saturated heterocycles. The minimum atomic E-state index is -1.41. The zero-order valence-corrected chi connectivity index (χ0v) is 22.1. The Kier molecular flexibility index (Phi) is 8.31. The second kappa shape index (κ2) is 9.71. The van der Waals surface area contributed by atoms with E-state index in [1.807, 2.05) is 33.8 Å². The van der Waals surface area contributed by atoms with Crippen LogP contribution in [0.25, 0.3) is 0 Å². The summed E-state index contributed by atoms with van der Waals surface area (Å²) in [6, 6.07) is 0. The van der Waals surface area contributed by atoms with Gasteiger partial charge in [-0.25, -0.2) is 0 Å². The van der Waals surface area contributed by atoms with Gasteiger partial charge in [-0.3, -0.25) is 0 Å². The molecule has 3 unspecified atom stereocenters. The van der Waals surface area contributed by atoms with Crippen LogP contribution >= 0.6 is 34.8 Å². The van der Waals surface area contributed by atoms with E-state index in [4.69, 9.17) is 72.7 Å². The topological polar surface area (TPSA) is 94.1 Å². The van der Waals surface area contributed by atoms with Crippen LogP contribution in [0.15, 0.2) is 11.1 Å². The number of hydrogen-bond donors (Lipinski definition) is 1. The Hall–Kier alpha value is 0.250. The van der Waals surface area contributed by atoms with Crippen molar-refractivity contribution in [2.75, 3.05) is 14.2 Å². The molecule has 0 radical (unpaired) electrons. The van der Waals surface area contributed by atoms with Crippen LogP contribution in [0.4, 0.5) is 0 Å². The van der Waals surface area contributed by atoms with Crippen LogP contribution < -0.4 is 0 Å². The molecule has 4 aliphatic heterocycles. The van der Waals surface area contributed by atoms with Crippen LogP contribution in [0.1, 0.15) is 55.4 Å². The first-order chi connectivity index (χ1) is 15.7. The molecule has 6 rings (SSSR count). The molecular weight excluding hydrogens is 539 g/mol. The largest absolute Gasteiger partial charge is 0.390 e. The van der Waals surface area contributed by atoms with Crippen LogP contribution in [0, 0.1) is 0 Å². The Morgan fingerprint density at radius 1 is 0.833 bits per heavy atom. The highest BCUT2D eigenvalue weighted by Crippen LogP contribution is 2.62. The molecule has 36 heavy (non-hydrogen) atoms. The Morgan fingerprint density at radius 2 is 1.33 bits per heavy atom. The van der Waals surface area contributed by atoms with Crippen molar-refractivity contribution in [1.29, 1.82) is 0 Å². The van der Waals surface area contributed by atoms with Gasteiger partial charge in [0.25, 0.3) is 0 Å². The lowest BCUT2D eigenvalue weighted by Crippen LogP contribution is -2.71. The van der Waals surface area contributed by atoms with Gasteiger partial charge < -0.3 is 43.0 Å². The lowest BCUT2D eigenvalue weighted by atomic mass is 9.72. The third-order valence-corrected chi connectivity index (χ3v) is 8.92. The van der Waals surface area contributed by atoms with E-state index in [1.54, 1.807) is 7.11 Å². The van der Waals surface area contributed by atoms with Crippen molar-refractivity contribution in [2.24, 2.45) is 0 Å². The summed E-state index contributed by atoms with van der Waals surface area (Å²) in [4.78, 5) is 0. The normalized spacial score (nSPS) is 47.9. The summed E-state index contributed by atoms with van der Waals surface area (Å²) in [6.45, 7) is 7.40. The number of methoxy groups -OCH3 is 2. The summed E-state index contributed by atoms with van der Waals surface area (Å²) >= 11 is 18.5. The fraction of sp³-hybridized carbons (Fsp3) is 0.917. The minimum Gasteiger partial charge on any atom is -0.390 e. The van der Waals surface area contributed by atoms with E-state index < -0.39 is 58.0 Å². The van der Waals surface area contributed by atoms with E-state index in [0.29, 0.717) is 11.5 Å². The number of aliphatic hydroxyl groups is 1. The molecule has 0 bridgehead atoms. The third-order valence-electron chi connectivity index (χ3n) is 7.30.